The van der Waals surface area contributed by atoms with Crippen molar-refractivity contribution in [2.24, 2.45) is 17.8 Å². The summed E-state index contributed by atoms with van der Waals surface area (Å²) in [5.74, 6) is 4.96. The van der Waals surface area contributed by atoms with Gasteiger partial charge in [-0.2, -0.15) is 0 Å². The van der Waals surface area contributed by atoms with Gasteiger partial charge in [-0.15, -0.1) is 0 Å². The molecule has 2 N–H and O–H groups in total. The maximum atomic E-state index is 9.08. The van der Waals surface area contributed by atoms with Crippen molar-refractivity contribution >= 4 is 121 Å². The van der Waals surface area contributed by atoms with E-state index in [0.717, 1.165) is 127 Å². The predicted octanol–water partition coefficient (Wildman–Crippen LogP) is 17.5. The summed E-state index contributed by atoms with van der Waals surface area (Å²) in [5.41, 5.74) is 28.6. The maximum Gasteiger partial charge on any atom is 2.00 e. The molecule has 19 rings (SSSR count). The normalized spacial score (nSPS) is 15.4. The summed E-state index contributed by atoms with van der Waals surface area (Å²) in [5, 5.41) is 3.57. The molecule has 1 radical (unpaired) electrons. The Labute approximate surface area is 768 Å². The summed E-state index contributed by atoms with van der Waals surface area (Å²) >= 11 is 0. The molecule has 3 aromatic heterocycles. The summed E-state index contributed by atoms with van der Waals surface area (Å²) in [6, 6.07) is 86.2. The molecule has 2 fully saturated rings. The van der Waals surface area contributed by atoms with Gasteiger partial charge in [-0.25, -0.2) is 36.8 Å². The Morgan fingerprint density at radius 1 is 0.341 bits per heavy atom. The van der Waals surface area contributed by atoms with E-state index in [2.05, 4.69) is 262 Å². The molecule has 129 heavy (non-hydrogen) atoms. The zero-order chi connectivity index (χ0) is 89.8. The third-order valence-corrected chi connectivity index (χ3v) is 24.7. The van der Waals surface area contributed by atoms with E-state index in [4.69, 9.17) is 65.8 Å². The van der Waals surface area contributed by atoms with Crippen LogP contribution in [-0.4, -0.2) is 145 Å². The molecular formula is C106H110CuN14O6S2. The molecule has 2 aliphatic heterocycles. The second kappa shape index (κ2) is 41.7. The minimum atomic E-state index is -3.92. The number of hydrogen-bond acceptors (Lipinski definition) is 16. The van der Waals surface area contributed by atoms with Crippen molar-refractivity contribution in [2.45, 2.75) is 88.0 Å². The number of nitrogens with one attached hydrogen (secondary N) is 2. The molecule has 4 aliphatic carbocycles. The summed E-state index contributed by atoms with van der Waals surface area (Å²) in [6.45, 7) is 30.0. The van der Waals surface area contributed by atoms with Gasteiger partial charge in [0.25, 0.3) is 0 Å². The Kier molecular flexibility index (Phi) is 29.9. The minimum Gasteiger partial charge on any atom is -0.748 e. The SMILES string of the molecule is CCN(CC)c1ccc(C(=C2C=CC(=[NH+]CC3CC4CCC3C4)c3ccccc32)c2ccc(N(CC)CC)cc2)cc1.CC[NH+]=C1C=CC(=C(c2ccc(N(CC)CC)cc2)c2ccc(N(CC)CC)cc2)c2ccccc21.CS(=O)(=O)[O-].CS(=O)(=O)[O-].[Cu+2].c1ccc2c(c1)-c1nc-2nc2[n-]c(nc3nc(nc4[n-]c(n1)c1ccccc41)-c1ccccc1-3)c1ccccc21. The molecule has 10 aromatic carbocycles. The van der Waals surface area contributed by atoms with Gasteiger partial charge >= 0.3 is 17.1 Å². The Morgan fingerprint density at radius 3 is 0.860 bits per heavy atom. The first-order valence-corrected chi connectivity index (χ1v) is 48.3. The number of aromatic nitrogens is 8. The van der Waals surface area contributed by atoms with Gasteiger partial charge in [0.2, 0.25) is 11.4 Å². The van der Waals surface area contributed by atoms with Crippen LogP contribution in [0.1, 0.15) is 133 Å². The Hall–Kier alpha value is -12.6. The van der Waals surface area contributed by atoms with Crippen molar-refractivity contribution in [3.63, 3.8) is 0 Å². The summed E-state index contributed by atoms with van der Waals surface area (Å²) in [4.78, 5) is 56.3. The quantitative estimate of drug-likeness (QED) is 0.0563. The average molecular weight is 1800 g/mol. The van der Waals surface area contributed by atoms with Gasteiger partial charge in [0.15, 0.2) is 0 Å². The van der Waals surface area contributed by atoms with Crippen LogP contribution in [0.5, 0.6) is 0 Å². The van der Waals surface area contributed by atoms with Gasteiger partial charge in [-0.05, 0) is 243 Å². The van der Waals surface area contributed by atoms with E-state index in [9.17, 15) is 0 Å². The topological polar surface area (TPSA) is 261 Å². The van der Waals surface area contributed by atoms with E-state index in [-0.39, 0.29) is 17.1 Å². The van der Waals surface area contributed by atoms with Gasteiger partial charge in [0.05, 0.1) is 54.7 Å². The molecule has 2 saturated carbocycles. The molecule has 23 heteroatoms. The third kappa shape index (κ3) is 21.2. The fraction of sp³-hybridized carbons (Fsp3) is 0.264. The zero-order valence-electron chi connectivity index (χ0n) is 75.0. The number of hydrogen-bond donors (Lipinski definition) is 2. The monoisotopic (exact) mass is 1800 g/mol. The molecule has 5 heterocycles. The first-order valence-electron chi connectivity index (χ1n) is 44.7. The third-order valence-electron chi connectivity index (χ3n) is 24.7. The summed E-state index contributed by atoms with van der Waals surface area (Å²) < 4.78 is 54.5. The van der Waals surface area contributed by atoms with E-state index in [1.165, 1.54) is 127 Å². The second-order valence-electron chi connectivity index (χ2n) is 32.5. The van der Waals surface area contributed by atoms with Crippen LogP contribution >= 0.6 is 0 Å². The maximum absolute atomic E-state index is 9.08. The standard InChI is InChI=1S/C39H47N3.C33H39N3.C32H16N8.2CH4O3S.Cu/c1-5-41(6-2)33-19-15-29(16-20-33)39(30-17-21-34(22-18-30)42(7-3)8-4)37-23-24-38(36-12-10-9-11-35(36)37)40-27-32-26-28-13-14-31(32)25-28;1-6-34-32-24-23-31(29-13-11-12-14-30(29)32)33(25-15-19-27(20-16-25)35(7-2)8-3)26-17-21-28(22-18-26)36(9-4)10-5;1-2-10-18-17(9-1)25-33-26(18)38-28-21-13-5-6-14-22(21)30(35-28)40-32-24-16-8-7-15-23(24)31(36-32)39-29-20-12-4-3-11-19(20)27(34-29)37-25;2*1-5(2,3)4;/h9-12,15-24,28,31-32H,5-8,13-14,25-27H2,1-4H3;11-24H,6-10H2,1-5H3;1-16H;2*1H3,(H,2,3,4);/q;;-2;;;+2. The number of allylic oxidation sites excluding steroid dienone is 6. The Balaban J connectivity index is 0.000000148. The van der Waals surface area contributed by atoms with E-state index in [1.807, 2.05) is 97.1 Å². The van der Waals surface area contributed by atoms with Gasteiger partial charge in [0, 0.05) is 151 Å². The fourth-order valence-electron chi connectivity index (χ4n) is 18.5. The molecule has 0 saturated heterocycles. The first kappa shape index (κ1) is 92.6. The van der Waals surface area contributed by atoms with E-state index in [1.54, 1.807) is 0 Å². The van der Waals surface area contributed by atoms with Crippen LogP contribution in [-0.2, 0) is 37.3 Å². The summed E-state index contributed by atoms with van der Waals surface area (Å²) in [6.07, 6.45) is 16.2. The van der Waals surface area contributed by atoms with Crippen molar-refractivity contribution < 1.29 is 53.0 Å². The molecule has 6 aliphatic rings. The number of anilines is 4. The molecular weight excluding hydrogens is 1690 g/mol. The average Bonchev–Trinajstić information content (AvgIpc) is 1.56. The van der Waals surface area contributed by atoms with Crippen molar-refractivity contribution in [1.29, 1.82) is 0 Å². The van der Waals surface area contributed by atoms with Crippen molar-refractivity contribution in [2.75, 3.05) is 97.6 Å². The molecule has 20 nitrogen and oxygen atoms in total. The van der Waals surface area contributed by atoms with Crippen LogP contribution in [0.4, 0.5) is 22.7 Å². The van der Waals surface area contributed by atoms with Gasteiger partial charge in [-0.1, -0.05) is 188 Å². The first-order chi connectivity index (χ1) is 62.1. The van der Waals surface area contributed by atoms with Crippen molar-refractivity contribution in [3.05, 3.63) is 311 Å². The van der Waals surface area contributed by atoms with E-state index in [0.29, 0.717) is 58.4 Å². The number of fused-ring (bicyclic) bond motifs is 24. The van der Waals surface area contributed by atoms with Crippen LogP contribution in [0.2, 0.25) is 0 Å². The Bertz CT molecular complexity index is 6350. The fourth-order valence-corrected chi connectivity index (χ4v) is 18.5. The van der Waals surface area contributed by atoms with E-state index >= 15 is 0 Å². The molecule has 13 aromatic rings. The van der Waals surface area contributed by atoms with Crippen molar-refractivity contribution in [3.8, 4) is 45.6 Å². The van der Waals surface area contributed by atoms with E-state index < -0.39 is 20.2 Å². The number of nitrogens with zero attached hydrogens (tertiary/aromatic N) is 12. The van der Waals surface area contributed by atoms with Gasteiger partial charge in [0.1, 0.15) is 13.1 Å². The van der Waals surface area contributed by atoms with Gasteiger partial charge < -0.3 is 58.6 Å². The largest absolute Gasteiger partial charge is 2.00 e. The smallest absolute Gasteiger partial charge is 0.748 e. The van der Waals surface area contributed by atoms with Crippen LogP contribution in [0.3, 0.4) is 0 Å². The van der Waals surface area contributed by atoms with Crippen LogP contribution in [0, 0.1) is 17.8 Å². The molecule has 663 valence electrons. The summed E-state index contributed by atoms with van der Waals surface area (Å²) in [7, 11) is -7.83. The zero-order valence-corrected chi connectivity index (χ0v) is 77.5. The van der Waals surface area contributed by atoms with Crippen molar-refractivity contribution in [1.82, 2.24) is 39.9 Å². The molecule has 0 amide bonds. The molecule has 0 spiro atoms. The van der Waals surface area contributed by atoms with Gasteiger partial charge in [-0.3, -0.25) is 0 Å². The van der Waals surface area contributed by atoms with Crippen LogP contribution in [0.25, 0.3) is 112 Å². The molecule has 3 unspecified atom stereocenters. The Morgan fingerprint density at radius 2 is 0.605 bits per heavy atom. The second-order valence-corrected chi connectivity index (χ2v) is 35.3. The predicted molar refractivity (Wildman–Crippen MR) is 523 cm³/mol. The number of rotatable bonds is 19. The molecule has 10 bridgehead atoms. The number of benzene rings is 10. The van der Waals surface area contributed by atoms with Crippen LogP contribution in [0.15, 0.2) is 267 Å². The molecule has 3 atom stereocenters. The van der Waals surface area contributed by atoms with Crippen LogP contribution < -0.4 is 39.6 Å². The minimum absolute atomic E-state index is 0.